The molecule has 1 aromatic heterocycles. The average molecular weight is 401 g/mol. The van der Waals surface area contributed by atoms with E-state index < -0.39 is 23.6 Å². The van der Waals surface area contributed by atoms with Crippen LogP contribution in [0.5, 0.6) is 0 Å². The zero-order valence-corrected chi connectivity index (χ0v) is 14.7. The van der Waals surface area contributed by atoms with Crippen molar-refractivity contribution in [1.82, 2.24) is 9.99 Å². The lowest BCUT2D eigenvalue weighted by molar-refractivity contribution is -0.137. The maximum Gasteiger partial charge on any atom is 0.416 e. The molecule has 0 unspecified atom stereocenters. The maximum atomic E-state index is 12.8. The van der Waals surface area contributed by atoms with Gasteiger partial charge in [0.25, 0.3) is 5.91 Å². The lowest BCUT2D eigenvalue weighted by Crippen LogP contribution is -2.18. The molecule has 0 atom stereocenters. The van der Waals surface area contributed by atoms with E-state index in [9.17, 15) is 22.8 Å². The smallest absolute Gasteiger partial charge is 0.416 e. The van der Waals surface area contributed by atoms with Gasteiger partial charge in [0.2, 0.25) is 0 Å². The minimum Gasteiger partial charge on any atom is -0.478 e. The van der Waals surface area contributed by atoms with Gasteiger partial charge in [0.05, 0.1) is 23.0 Å². The summed E-state index contributed by atoms with van der Waals surface area (Å²) in [4.78, 5) is 23.2. The second-order valence-electron chi connectivity index (χ2n) is 5.94. The Morgan fingerprint density at radius 2 is 1.72 bits per heavy atom. The Balaban J connectivity index is 1.76. The molecule has 2 aromatic carbocycles. The zero-order valence-electron chi connectivity index (χ0n) is 14.7. The largest absolute Gasteiger partial charge is 0.478 e. The Morgan fingerprint density at radius 1 is 1.00 bits per heavy atom. The van der Waals surface area contributed by atoms with Crippen molar-refractivity contribution in [2.75, 3.05) is 0 Å². The number of carboxylic acid groups (broad SMARTS) is 1. The third-order valence-corrected chi connectivity index (χ3v) is 3.97. The lowest BCUT2D eigenvalue weighted by atomic mass is 10.1. The third kappa shape index (κ3) is 4.70. The number of halogens is 3. The number of aromatic carboxylic acids is 1. The fourth-order valence-electron chi connectivity index (χ4n) is 2.58. The molecule has 9 heteroatoms. The molecule has 1 heterocycles. The second kappa shape index (κ2) is 8.01. The van der Waals surface area contributed by atoms with Crippen molar-refractivity contribution in [3.63, 3.8) is 0 Å². The molecule has 0 aliphatic carbocycles. The van der Waals surface area contributed by atoms with Crippen molar-refractivity contribution in [3.05, 3.63) is 89.2 Å². The van der Waals surface area contributed by atoms with Gasteiger partial charge in [0.15, 0.2) is 0 Å². The van der Waals surface area contributed by atoms with Crippen molar-refractivity contribution in [3.8, 4) is 5.69 Å². The number of carbonyl (C=O) groups excluding carboxylic acids is 1. The number of hydrazone groups is 1. The summed E-state index contributed by atoms with van der Waals surface area (Å²) in [6.45, 7) is 0. The second-order valence-corrected chi connectivity index (χ2v) is 5.94. The molecular weight excluding hydrogens is 387 g/mol. The molecule has 0 saturated heterocycles. The summed E-state index contributed by atoms with van der Waals surface area (Å²) in [7, 11) is 0. The summed E-state index contributed by atoms with van der Waals surface area (Å²) in [6, 6.07) is 13.6. The number of nitrogens with zero attached hydrogens (tertiary/aromatic N) is 2. The molecule has 29 heavy (non-hydrogen) atoms. The molecule has 2 N–H and O–H groups in total. The molecule has 0 radical (unpaired) electrons. The van der Waals surface area contributed by atoms with Gasteiger partial charge in [-0.3, -0.25) is 4.79 Å². The molecular formula is C20H14F3N3O3. The number of aromatic nitrogens is 1. The zero-order chi connectivity index (χ0) is 21.0. The molecule has 1 amide bonds. The molecule has 0 aliphatic heterocycles. The van der Waals surface area contributed by atoms with Gasteiger partial charge in [0, 0.05) is 17.4 Å². The molecule has 3 rings (SSSR count). The number of hydrogen-bond acceptors (Lipinski definition) is 3. The predicted octanol–water partition coefficient (Wildman–Crippen LogP) is 3.96. The van der Waals surface area contributed by atoms with E-state index in [4.69, 9.17) is 5.11 Å². The number of amides is 1. The van der Waals surface area contributed by atoms with Crippen molar-refractivity contribution in [2.24, 2.45) is 5.10 Å². The first kappa shape index (κ1) is 19.9. The van der Waals surface area contributed by atoms with Crippen LogP contribution in [-0.4, -0.2) is 27.8 Å². The van der Waals surface area contributed by atoms with Crippen molar-refractivity contribution >= 4 is 18.1 Å². The van der Waals surface area contributed by atoms with Gasteiger partial charge in [-0.05, 0) is 48.5 Å². The molecule has 3 aromatic rings. The van der Waals surface area contributed by atoms with Gasteiger partial charge in [-0.1, -0.05) is 12.1 Å². The van der Waals surface area contributed by atoms with Crippen LogP contribution in [0.25, 0.3) is 5.69 Å². The Hall–Kier alpha value is -3.88. The first-order chi connectivity index (χ1) is 13.8. The summed E-state index contributed by atoms with van der Waals surface area (Å²) in [5, 5.41) is 12.9. The Kier molecular flexibility index (Phi) is 5.49. The van der Waals surface area contributed by atoms with Crippen LogP contribution in [0, 0.1) is 0 Å². The van der Waals surface area contributed by atoms with Crippen LogP contribution in [0.15, 0.2) is 72.0 Å². The molecule has 148 valence electrons. The highest BCUT2D eigenvalue weighted by atomic mass is 19.4. The van der Waals surface area contributed by atoms with E-state index in [-0.39, 0.29) is 11.1 Å². The maximum absolute atomic E-state index is 12.8. The van der Waals surface area contributed by atoms with Crippen LogP contribution in [0.1, 0.15) is 32.0 Å². The van der Waals surface area contributed by atoms with E-state index in [1.54, 1.807) is 35.0 Å². The van der Waals surface area contributed by atoms with Gasteiger partial charge >= 0.3 is 12.1 Å². The third-order valence-electron chi connectivity index (χ3n) is 3.97. The van der Waals surface area contributed by atoms with Gasteiger partial charge in [-0.25, -0.2) is 10.2 Å². The van der Waals surface area contributed by atoms with E-state index in [1.807, 2.05) is 0 Å². The van der Waals surface area contributed by atoms with Crippen LogP contribution >= 0.6 is 0 Å². The number of benzene rings is 2. The standard InChI is InChI=1S/C20H14F3N3O3/c21-20(22,23)15-6-1-4-13(10-15)18(27)25-24-12-17-8-3-9-26(17)16-7-2-5-14(11-16)19(28)29/h1-12H,(H,25,27)(H,28,29)/b24-12+. The van der Waals surface area contributed by atoms with Crippen LogP contribution in [-0.2, 0) is 6.18 Å². The van der Waals surface area contributed by atoms with E-state index in [1.165, 1.54) is 24.4 Å². The van der Waals surface area contributed by atoms with E-state index in [0.29, 0.717) is 11.4 Å². The normalized spacial score (nSPS) is 11.6. The van der Waals surface area contributed by atoms with Crippen molar-refractivity contribution in [1.29, 1.82) is 0 Å². The number of rotatable bonds is 5. The molecule has 0 aliphatic rings. The van der Waals surface area contributed by atoms with E-state index >= 15 is 0 Å². The van der Waals surface area contributed by atoms with E-state index in [0.717, 1.165) is 18.2 Å². The van der Waals surface area contributed by atoms with Gasteiger partial charge in [-0.15, -0.1) is 0 Å². The lowest BCUT2D eigenvalue weighted by Gasteiger charge is -2.08. The first-order valence-corrected chi connectivity index (χ1v) is 8.27. The van der Waals surface area contributed by atoms with Crippen LogP contribution in [0.3, 0.4) is 0 Å². The molecule has 0 spiro atoms. The predicted molar refractivity (Wildman–Crippen MR) is 99.2 cm³/mol. The Bertz CT molecular complexity index is 1090. The van der Waals surface area contributed by atoms with Crippen molar-refractivity contribution in [2.45, 2.75) is 6.18 Å². The topological polar surface area (TPSA) is 83.7 Å². The SMILES string of the molecule is O=C(O)c1cccc(-n2cccc2/C=N/NC(=O)c2cccc(C(F)(F)F)c2)c1. The minimum absolute atomic E-state index is 0.108. The Labute approximate surface area is 162 Å². The summed E-state index contributed by atoms with van der Waals surface area (Å²) >= 11 is 0. The van der Waals surface area contributed by atoms with Gasteiger partial charge < -0.3 is 9.67 Å². The highest BCUT2D eigenvalue weighted by molar-refractivity contribution is 5.95. The quantitative estimate of drug-likeness (QED) is 0.502. The number of nitrogens with one attached hydrogen (secondary N) is 1. The number of hydrogen-bond donors (Lipinski definition) is 2. The van der Waals surface area contributed by atoms with Crippen LogP contribution in [0.2, 0.25) is 0 Å². The molecule has 0 saturated carbocycles. The number of carbonyl (C=O) groups is 2. The molecule has 0 bridgehead atoms. The highest BCUT2D eigenvalue weighted by Crippen LogP contribution is 2.29. The summed E-state index contributed by atoms with van der Waals surface area (Å²) in [6.07, 6.45) is -1.57. The Morgan fingerprint density at radius 3 is 2.45 bits per heavy atom. The molecule has 6 nitrogen and oxygen atoms in total. The van der Waals surface area contributed by atoms with E-state index in [2.05, 4.69) is 10.5 Å². The first-order valence-electron chi connectivity index (χ1n) is 8.27. The number of carboxylic acids is 1. The highest BCUT2D eigenvalue weighted by Gasteiger charge is 2.30. The minimum atomic E-state index is -4.55. The fourth-order valence-corrected chi connectivity index (χ4v) is 2.58. The summed E-state index contributed by atoms with van der Waals surface area (Å²) in [5.41, 5.74) is 2.27. The number of alkyl halides is 3. The summed E-state index contributed by atoms with van der Waals surface area (Å²) in [5.74, 6) is -1.86. The summed E-state index contributed by atoms with van der Waals surface area (Å²) < 4.78 is 39.9. The van der Waals surface area contributed by atoms with Crippen LogP contribution in [0.4, 0.5) is 13.2 Å². The fraction of sp³-hybridized carbons (Fsp3) is 0.0500. The van der Waals surface area contributed by atoms with Crippen LogP contribution < -0.4 is 5.43 Å². The van der Waals surface area contributed by atoms with Gasteiger partial charge in [0.1, 0.15) is 0 Å². The monoisotopic (exact) mass is 401 g/mol. The molecule has 0 fully saturated rings. The average Bonchev–Trinajstić information content (AvgIpc) is 3.16. The van der Waals surface area contributed by atoms with Gasteiger partial charge in [-0.2, -0.15) is 18.3 Å². The van der Waals surface area contributed by atoms with Crippen molar-refractivity contribution < 1.29 is 27.9 Å².